The summed E-state index contributed by atoms with van der Waals surface area (Å²) >= 11 is 5.85. The van der Waals surface area contributed by atoms with Crippen LogP contribution in [0.25, 0.3) is 0 Å². The van der Waals surface area contributed by atoms with Gasteiger partial charge in [0.05, 0.1) is 11.3 Å². The van der Waals surface area contributed by atoms with Crippen molar-refractivity contribution in [3.05, 3.63) is 57.6 Å². The Hall–Kier alpha value is -1.92. The Kier molecular flexibility index (Phi) is 4.48. The first-order chi connectivity index (χ1) is 9.16. The summed E-state index contributed by atoms with van der Waals surface area (Å²) in [6.07, 6.45) is 5.30. The highest BCUT2D eigenvalue weighted by Gasteiger charge is 2.13. The zero-order valence-electron chi connectivity index (χ0n) is 10.1. The molecule has 1 N–H and O–H groups in total. The van der Waals surface area contributed by atoms with E-state index in [0.717, 1.165) is 6.54 Å². The van der Waals surface area contributed by atoms with Crippen LogP contribution in [0, 0.1) is 10.1 Å². The summed E-state index contributed by atoms with van der Waals surface area (Å²) in [6, 6.07) is 4.56. The number of nitro benzene ring substituents is 1. The predicted molar refractivity (Wildman–Crippen MR) is 72.0 cm³/mol. The molecule has 0 radical (unpaired) electrons. The fourth-order valence-corrected chi connectivity index (χ4v) is 1.92. The number of halogens is 1. The molecule has 100 valence electrons. The van der Waals surface area contributed by atoms with Crippen LogP contribution in [0.1, 0.15) is 5.56 Å². The molecule has 0 fully saturated rings. The van der Waals surface area contributed by atoms with Gasteiger partial charge in [-0.2, -0.15) is 0 Å². The highest BCUT2D eigenvalue weighted by Crippen LogP contribution is 2.22. The number of aromatic nitrogens is 2. The highest BCUT2D eigenvalue weighted by molar-refractivity contribution is 6.30. The molecule has 0 bridgehead atoms. The molecule has 1 aromatic heterocycles. The van der Waals surface area contributed by atoms with Gasteiger partial charge in [-0.05, 0) is 12.1 Å². The van der Waals surface area contributed by atoms with Crippen LogP contribution >= 0.6 is 11.6 Å². The molecule has 0 atom stereocenters. The maximum absolute atomic E-state index is 10.9. The zero-order chi connectivity index (χ0) is 13.7. The van der Waals surface area contributed by atoms with Gasteiger partial charge in [-0.15, -0.1) is 0 Å². The van der Waals surface area contributed by atoms with Crippen molar-refractivity contribution in [3.63, 3.8) is 0 Å². The number of imidazole rings is 1. The maximum Gasteiger partial charge on any atom is 0.273 e. The van der Waals surface area contributed by atoms with Crippen LogP contribution in [0.15, 0.2) is 36.9 Å². The summed E-state index contributed by atoms with van der Waals surface area (Å²) in [4.78, 5) is 14.4. The van der Waals surface area contributed by atoms with Crippen LogP contribution in [0.4, 0.5) is 5.69 Å². The Morgan fingerprint density at radius 3 is 3.00 bits per heavy atom. The third kappa shape index (κ3) is 3.77. The van der Waals surface area contributed by atoms with E-state index in [1.54, 1.807) is 18.6 Å². The van der Waals surface area contributed by atoms with E-state index in [1.165, 1.54) is 12.1 Å². The first-order valence-electron chi connectivity index (χ1n) is 5.76. The predicted octanol–water partition coefficient (Wildman–Crippen LogP) is 2.23. The van der Waals surface area contributed by atoms with Crippen molar-refractivity contribution < 1.29 is 4.92 Å². The van der Waals surface area contributed by atoms with Crippen molar-refractivity contribution >= 4 is 17.3 Å². The van der Waals surface area contributed by atoms with Gasteiger partial charge in [-0.1, -0.05) is 11.6 Å². The quantitative estimate of drug-likeness (QED) is 0.500. The van der Waals surface area contributed by atoms with E-state index in [0.29, 0.717) is 23.7 Å². The molecule has 0 amide bonds. The molecule has 6 nitrogen and oxygen atoms in total. The lowest BCUT2D eigenvalue weighted by Gasteiger charge is -2.06. The normalized spacial score (nSPS) is 10.6. The zero-order valence-corrected chi connectivity index (χ0v) is 10.9. The molecule has 0 saturated heterocycles. The number of rotatable bonds is 6. The van der Waals surface area contributed by atoms with Crippen LogP contribution in [-0.2, 0) is 13.1 Å². The second kappa shape index (κ2) is 6.31. The Balaban J connectivity index is 1.91. The number of hydrogen-bond donors (Lipinski definition) is 1. The summed E-state index contributed by atoms with van der Waals surface area (Å²) in [5, 5.41) is 14.5. The molecule has 0 saturated carbocycles. The second-order valence-electron chi connectivity index (χ2n) is 4.01. The second-order valence-corrected chi connectivity index (χ2v) is 4.44. The molecule has 0 aliphatic carbocycles. The van der Waals surface area contributed by atoms with E-state index in [9.17, 15) is 10.1 Å². The number of nitro groups is 1. The fourth-order valence-electron chi connectivity index (χ4n) is 1.72. The van der Waals surface area contributed by atoms with Crippen molar-refractivity contribution in [1.29, 1.82) is 0 Å². The van der Waals surface area contributed by atoms with Crippen LogP contribution in [-0.4, -0.2) is 21.0 Å². The molecular weight excluding hydrogens is 268 g/mol. The average molecular weight is 281 g/mol. The first kappa shape index (κ1) is 13.5. The molecular formula is C12H13ClN4O2. The van der Waals surface area contributed by atoms with Crippen molar-refractivity contribution in [2.45, 2.75) is 13.1 Å². The van der Waals surface area contributed by atoms with Crippen LogP contribution < -0.4 is 5.32 Å². The van der Waals surface area contributed by atoms with Crippen LogP contribution in [0.3, 0.4) is 0 Å². The van der Waals surface area contributed by atoms with E-state index >= 15 is 0 Å². The number of benzene rings is 1. The minimum atomic E-state index is -0.400. The van der Waals surface area contributed by atoms with Gasteiger partial charge in [0.1, 0.15) is 0 Å². The maximum atomic E-state index is 10.9. The smallest absolute Gasteiger partial charge is 0.273 e. The minimum absolute atomic E-state index is 0.0829. The van der Waals surface area contributed by atoms with E-state index < -0.39 is 4.92 Å². The van der Waals surface area contributed by atoms with Crippen LogP contribution in [0.5, 0.6) is 0 Å². The number of hydrogen-bond acceptors (Lipinski definition) is 4. The van der Waals surface area contributed by atoms with Gasteiger partial charge in [0.2, 0.25) is 0 Å². The van der Waals surface area contributed by atoms with Crippen molar-refractivity contribution in [2.75, 3.05) is 6.54 Å². The standard InChI is InChI=1S/C12H13ClN4O2/c13-11-1-2-12(17(18)19)10(7-11)8-14-3-5-16-6-4-15-9-16/h1-2,4,6-7,9,14H,3,5,8H2. The van der Waals surface area contributed by atoms with E-state index in [4.69, 9.17) is 11.6 Å². The summed E-state index contributed by atoms with van der Waals surface area (Å²) in [5.41, 5.74) is 0.669. The lowest BCUT2D eigenvalue weighted by atomic mass is 10.2. The average Bonchev–Trinajstić information content (AvgIpc) is 2.87. The fraction of sp³-hybridized carbons (Fsp3) is 0.250. The largest absolute Gasteiger partial charge is 0.336 e. The monoisotopic (exact) mass is 280 g/mol. The Morgan fingerprint density at radius 1 is 1.47 bits per heavy atom. The van der Waals surface area contributed by atoms with Crippen LogP contribution in [0.2, 0.25) is 5.02 Å². The van der Waals surface area contributed by atoms with Gasteiger partial charge in [0.15, 0.2) is 0 Å². The highest BCUT2D eigenvalue weighted by atomic mass is 35.5. The molecule has 1 aromatic carbocycles. The molecule has 19 heavy (non-hydrogen) atoms. The van der Waals surface area contributed by atoms with Crippen molar-refractivity contribution in [1.82, 2.24) is 14.9 Å². The first-order valence-corrected chi connectivity index (χ1v) is 6.14. The number of nitrogens with zero attached hydrogens (tertiary/aromatic N) is 3. The molecule has 0 spiro atoms. The SMILES string of the molecule is O=[N+]([O-])c1ccc(Cl)cc1CNCCn1ccnc1. The van der Waals surface area contributed by atoms with E-state index in [1.807, 2.05) is 10.8 Å². The molecule has 0 unspecified atom stereocenters. The van der Waals surface area contributed by atoms with Gasteiger partial charge < -0.3 is 9.88 Å². The topological polar surface area (TPSA) is 73.0 Å². The Labute approximate surface area is 115 Å². The summed E-state index contributed by atoms with van der Waals surface area (Å²) in [6.45, 7) is 1.86. The van der Waals surface area contributed by atoms with Gasteiger partial charge >= 0.3 is 0 Å². The van der Waals surface area contributed by atoms with Crippen molar-refractivity contribution in [2.24, 2.45) is 0 Å². The van der Waals surface area contributed by atoms with Gasteiger partial charge in [0.25, 0.3) is 5.69 Å². The van der Waals surface area contributed by atoms with Gasteiger partial charge in [-0.3, -0.25) is 10.1 Å². The molecule has 7 heteroatoms. The van der Waals surface area contributed by atoms with Crippen molar-refractivity contribution in [3.8, 4) is 0 Å². The lowest BCUT2D eigenvalue weighted by Crippen LogP contribution is -2.19. The molecule has 0 aliphatic rings. The molecule has 2 aromatic rings. The third-order valence-corrected chi connectivity index (χ3v) is 2.89. The molecule has 2 rings (SSSR count). The van der Waals surface area contributed by atoms with E-state index in [2.05, 4.69) is 10.3 Å². The molecule has 0 aliphatic heterocycles. The Morgan fingerprint density at radius 2 is 2.32 bits per heavy atom. The Bertz CT molecular complexity index is 557. The third-order valence-electron chi connectivity index (χ3n) is 2.66. The summed E-state index contributed by atoms with van der Waals surface area (Å²) in [5.74, 6) is 0. The van der Waals surface area contributed by atoms with Gasteiger partial charge in [-0.25, -0.2) is 4.98 Å². The molecule has 1 heterocycles. The summed E-state index contributed by atoms with van der Waals surface area (Å²) in [7, 11) is 0. The van der Waals surface area contributed by atoms with Gasteiger partial charge in [0, 0.05) is 48.7 Å². The van der Waals surface area contributed by atoms with E-state index in [-0.39, 0.29) is 5.69 Å². The lowest BCUT2D eigenvalue weighted by molar-refractivity contribution is -0.385. The number of nitrogens with one attached hydrogen (secondary N) is 1. The summed E-state index contributed by atoms with van der Waals surface area (Å²) < 4.78 is 1.93. The minimum Gasteiger partial charge on any atom is -0.336 e.